The van der Waals surface area contributed by atoms with Gasteiger partial charge in [-0.05, 0) is 24.0 Å². The summed E-state index contributed by atoms with van der Waals surface area (Å²) >= 11 is 0. The van der Waals surface area contributed by atoms with Crippen LogP contribution in [0.15, 0.2) is 24.3 Å². The van der Waals surface area contributed by atoms with Gasteiger partial charge >= 0.3 is 5.97 Å². The first-order chi connectivity index (χ1) is 7.76. The number of hydrogen-bond acceptors (Lipinski definition) is 3. The summed E-state index contributed by atoms with van der Waals surface area (Å²) in [5, 5.41) is 18.9. The van der Waals surface area contributed by atoms with Gasteiger partial charge in [0.2, 0.25) is 0 Å². The number of rotatable bonds is 4. The minimum absolute atomic E-state index is 0.120. The molecule has 0 heterocycles. The topological polar surface area (TPSA) is 83.5 Å². The molecule has 1 unspecified atom stereocenters. The maximum atomic E-state index is 10.8. The van der Waals surface area contributed by atoms with Gasteiger partial charge in [0.05, 0.1) is 5.92 Å². The van der Waals surface area contributed by atoms with E-state index in [0.717, 1.165) is 0 Å². The summed E-state index contributed by atoms with van der Waals surface area (Å²) in [6.07, 6.45) is 0. The Bertz CT molecular complexity index is 396. The fraction of sp³-hybridized carbons (Fsp3) is 0.462. The Hall–Kier alpha value is -1.39. The Morgan fingerprint density at radius 3 is 2.06 bits per heavy atom. The standard InChI is InChI=1S/C13H19NO3/c1-8(2)13(14,17)11-6-4-10(5-7-11)9(3)12(15)16/h4-9,17H,14H2,1-3H3,(H,15,16)/t9-,13?/m0/s1. The molecule has 0 spiro atoms. The van der Waals surface area contributed by atoms with Gasteiger partial charge in [-0.1, -0.05) is 38.1 Å². The Kier molecular flexibility index (Phi) is 3.91. The first-order valence-electron chi connectivity index (χ1n) is 5.61. The average molecular weight is 237 g/mol. The van der Waals surface area contributed by atoms with Gasteiger partial charge < -0.3 is 10.2 Å². The van der Waals surface area contributed by atoms with Crippen LogP contribution < -0.4 is 5.73 Å². The lowest BCUT2D eigenvalue weighted by Gasteiger charge is -2.28. The highest BCUT2D eigenvalue weighted by molar-refractivity contribution is 5.75. The van der Waals surface area contributed by atoms with Crippen LogP contribution >= 0.6 is 0 Å². The van der Waals surface area contributed by atoms with E-state index in [1.54, 1.807) is 31.2 Å². The van der Waals surface area contributed by atoms with Crippen LogP contribution in [-0.4, -0.2) is 16.2 Å². The number of benzene rings is 1. The van der Waals surface area contributed by atoms with Crippen molar-refractivity contribution in [2.45, 2.75) is 32.4 Å². The van der Waals surface area contributed by atoms with Crippen LogP contribution in [0.3, 0.4) is 0 Å². The van der Waals surface area contributed by atoms with Crippen molar-refractivity contribution in [2.75, 3.05) is 0 Å². The first kappa shape index (κ1) is 13.7. The van der Waals surface area contributed by atoms with E-state index in [-0.39, 0.29) is 5.92 Å². The first-order valence-corrected chi connectivity index (χ1v) is 5.61. The summed E-state index contributed by atoms with van der Waals surface area (Å²) in [4.78, 5) is 10.8. The molecule has 0 aliphatic heterocycles. The molecule has 4 nitrogen and oxygen atoms in total. The molecule has 0 aliphatic rings. The van der Waals surface area contributed by atoms with Crippen molar-refractivity contribution >= 4 is 5.97 Å². The molecule has 17 heavy (non-hydrogen) atoms. The molecule has 0 radical (unpaired) electrons. The monoisotopic (exact) mass is 237 g/mol. The van der Waals surface area contributed by atoms with Gasteiger partial charge in [-0.2, -0.15) is 0 Å². The summed E-state index contributed by atoms with van der Waals surface area (Å²) in [5.74, 6) is -1.55. The number of aliphatic hydroxyl groups is 1. The lowest BCUT2D eigenvalue weighted by Crippen LogP contribution is -2.41. The molecule has 1 aromatic carbocycles. The number of carboxylic acid groups (broad SMARTS) is 1. The third-order valence-corrected chi connectivity index (χ3v) is 3.12. The summed E-state index contributed by atoms with van der Waals surface area (Å²) in [6, 6.07) is 6.73. The van der Waals surface area contributed by atoms with E-state index in [9.17, 15) is 9.90 Å². The van der Waals surface area contributed by atoms with Crippen LogP contribution in [0.4, 0.5) is 0 Å². The van der Waals surface area contributed by atoms with E-state index in [1.807, 2.05) is 13.8 Å². The zero-order valence-corrected chi connectivity index (χ0v) is 10.3. The minimum atomic E-state index is -1.38. The molecule has 1 rings (SSSR count). The Balaban J connectivity index is 3.00. The van der Waals surface area contributed by atoms with Crippen LogP contribution in [-0.2, 0) is 10.5 Å². The summed E-state index contributed by atoms with van der Waals surface area (Å²) in [7, 11) is 0. The van der Waals surface area contributed by atoms with E-state index >= 15 is 0 Å². The summed E-state index contributed by atoms with van der Waals surface area (Å²) < 4.78 is 0. The van der Waals surface area contributed by atoms with E-state index in [1.165, 1.54) is 0 Å². The van der Waals surface area contributed by atoms with Gasteiger partial charge in [0.15, 0.2) is 0 Å². The van der Waals surface area contributed by atoms with Crippen LogP contribution in [0.1, 0.15) is 37.8 Å². The average Bonchev–Trinajstić information content (AvgIpc) is 2.27. The highest BCUT2D eigenvalue weighted by Gasteiger charge is 2.28. The Morgan fingerprint density at radius 2 is 1.71 bits per heavy atom. The predicted molar refractivity (Wildman–Crippen MR) is 65.4 cm³/mol. The van der Waals surface area contributed by atoms with Gasteiger partial charge in [-0.25, -0.2) is 0 Å². The number of hydrogen-bond donors (Lipinski definition) is 3. The molecule has 0 saturated carbocycles. The Morgan fingerprint density at radius 1 is 1.24 bits per heavy atom. The maximum absolute atomic E-state index is 10.8. The van der Waals surface area contributed by atoms with Crippen molar-refractivity contribution in [1.82, 2.24) is 0 Å². The zero-order chi connectivity index (χ0) is 13.2. The SMILES string of the molecule is CC(C)C(N)(O)c1ccc([C@H](C)C(=O)O)cc1. The van der Waals surface area contributed by atoms with Crippen LogP contribution in [0.5, 0.6) is 0 Å². The van der Waals surface area contributed by atoms with Gasteiger partial charge in [-0.15, -0.1) is 0 Å². The normalized spacial score (nSPS) is 16.6. The summed E-state index contributed by atoms with van der Waals surface area (Å²) in [6.45, 7) is 5.27. The molecule has 2 atom stereocenters. The van der Waals surface area contributed by atoms with Crippen molar-refractivity contribution in [3.05, 3.63) is 35.4 Å². The maximum Gasteiger partial charge on any atom is 0.310 e. The fourth-order valence-electron chi connectivity index (χ4n) is 1.51. The third kappa shape index (κ3) is 2.84. The smallest absolute Gasteiger partial charge is 0.310 e. The van der Waals surface area contributed by atoms with Gasteiger partial charge in [-0.3, -0.25) is 10.5 Å². The van der Waals surface area contributed by atoms with Crippen molar-refractivity contribution in [3.8, 4) is 0 Å². The molecule has 1 aromatic rings. The second-order valence-corrected chi connectivity index (χ2v) is 4.66. The molecule has 94 valence electrons. The molecule has 0 saturated heterocycles. The van der Waals surface area contributed by atoms with E-state index < -0.39 is 17.6 Å². The second-order valence-electron chi connectivity index (χ2n) is 4.66. The number of carboxylic acids is 1. The van der Waals surface area contributed by atoms with Crippen molar-refractivity contribution < 1.29 is 15.0 Å². The molecule has 0 amide bonds. The molecule has 4 N–H and O–H groups in total. The third-order valence-electron chi connectivity index (χ3n) is 3.12. The fourth-order valence-corrected chi connectivity index (χ4v) is 1.51. The van der Waals surface area contributed by atoms with Gasteiger partial charge in [0.1, 0.15) is 5.72 Å². The molecule has 4 heteroatoms. The lowest BCUT2D eigenvalue weighted by atomic mass is 9.90. The highest BCUT2D eigenvalue weighted by Crippen LogP contribution is 2.25. The minimum Gasteiger partial charge on any atom is -0.481 e. The van der Waals surface area contributed by atoms with Crippen LogP contribution in [0, 0.1) is 5.92 Å². The molecule has 0 aromatic heterocycles. The van der Waals surface area contributed by atoms with Crippen molar-refractivity contribution in [1.29, 1.82) is 0 Å². The number of nitrogens with two attached hydrogens (primary N) is 1. The molecule has 0 aliphatic carbocycles. The van der Waals surface area contributed by atoms with E-state index in [0.29, 0.717) is 11.1 Å². The van der Waals surface area contributed by atoms with Crippen LogP contribution in [0.25, 0.3) is 0 Å². The number of aliphatic carboxylic acids is 1. The van der Waals surface area contributed by atoms with Crippen molar-refractivity contribution in [3.63, 3.8) is 0 Å². The van der Waals surface area contributed by atoms with Crippen molar-refractivity contribution in [2.24, 2.45) is 11.7 Å². The summed E-state index contributed by atoms with van der Waals surface area (Å²) in [5.41, 5.74) is 5.71. The van der Waals surface area contributed by atoms with Crippen LogP contribution in [0.2, 0.25) is 0 Å². The van der Waals surface area contributed by atoms with Gasteiger partial charge in [0.25, 0.3) is 0 Å². The molecule has 0 bridgehead atoms. The van der Waals surface area contributed by atoms with E-state index in [2.05, 4.69) is 0 Å². The number of carbonyl (C=O) groups is 1. The van der Waals surface area contributed by atoms with Gasteiger partial charge in [0, 0.05) is 0 Å². The molecular formula is C13H19NO3. The predicted octanol–water partition coefficient (Wildman–Crippen LogP) is 1.63. The largest absolute Gasteiger partial charge is 0.481 e. The second kappa shape index (κ2) is 4.85. The Labute approximate surface area is 101 Å². The van der Waals surface area contributed by atoms with E-state index in [4.69, 9.17) is 10.8 Å². The quantitative estimate of drug-likeness (QED) is 0.695. The zero-order valence-electron chi connectivity index (χ0n) is 10.3. The lowest BCUT2D eigenvalue weighted by molar-refractivity contribution is -0.138. The molecule has 0 fully saturated rings. The molecular weight excluding hydrogens is 218 g/mol. The highest BCUT2D eigenvalue weighted by atomic mass is 16.4.